The van der Waals surface area contributed by atoms with E-state index in [0.717, 1.165) is 11.1 Å². The summed E-state index contributed by atoms with van der Waals surface area (Å²) >= 11 is 0. The van der Waals surface area contributed by atoms with Crippen molar-refractivity contribution in [1.29, 1.82) is 0 Å². The highest BCUT2D eigenvalue weighted by Gasteiger charge is 2.11. The molecule has 4 heteroatoms. The molecule has 162 valence electrons. The van der Waals surface area contributed by atoms with Crippen molar-refractivity contribution < 1.29 is 19.1 Å². The van der Waals surface area contributed by atoms with Gasteiger partial charge in [0.2, 0.25) is 0 Å². The fourth-order valence-corrected chi connectivity index (χ4v) is 3.21. The van der Waals surface area contributed by atoms with Crippen molar-refractivity contribution >= 4 is 12.4 Å². The van der Waals surface area contributed by atoms with Gasteiger partial charge in [0.05, 0.1) is 5.56 Å². The lowest BCUT2D eigenvalue weighted by Crippen LogP contribution is -2.09. The first-order valence-corrected chi connectivity index (χ1v) is 10.2. The zero-order chi connectivity index (χ0) is 23.1. The summed E-state index contributed by atoms with van der Waals surface area (Å²) in [6, 6.07) is 14.3. The van der Waals surface area contributed by atoms with Crippen LogP contribution in [0, 0.1) is 48.5 Å². The van der Waals surface area contributed by atoms with Gasteiger partial charge in [-0.15, -0.1) is 0 Å². The Hall–Kier alpha value is -3.40. The zero-order valence-corrected chi connectivity index (χ0v) is 19.3. The molecule has 0 bridgehead atoms. The number of hydrogen-bond donors (Lipinski definition) is 0. The Morgan fingerprint density at radius 1 is 0.677 bits per heavy atom. The average molecular weight is 419 g/mol. The van der Waals surface area contributed by atoms with E-state index in [1.807, 2.05) is 32.9 Å². The van der Waals surface area contributed by atoms with Crippen LogP contribution in [-0.2, 0) is 4.79 Å². The third-order valence-electron chi connectivity index (χ3n) is 5.45. The van der Waals surface area contributed by atoms with E-state index < -0.39 is 5.97 Å². The molecule has 31 heavy (non-hydrogen) atoms. The summed E-state index contributed by atoms with van der Waals surface area (Å²) in [5, 5.41) is 0. The van der Waals surface area contributed by atoms with E-state index in [2.05, 4.69) is 44.6 Å². The van der Waals surface area contributed by atoms with E-state index >= 15 is 0 Å². The average Bonchev–Trinajstić information content (AvgIpc) is 2.72. The number of rotatable bonds is 4. The van der Waals surface area contributed by atoms with E-state index in [-0.39, 0.29) is 0 Å². The van der Waals surface area contributed by atoms with Crippen molar-refractivity contribution in [2.24, 2.45) is 0 Å². The molecule has 0 saturated heterocycles. The smallest absolute Gasteiger partial charge is 0.343 e. The second kappa shape index (κ2) is 10.6. The van der Waals surface area contributed by atoms with Crippen LogP contribution in [0.1, 0.15) is 49.3 Å². The number of ether oxygens (including phenoxy) is 2. The standard InChI is InChI=1S/C17H16O4.C10H14/c1-11-8-14(9-12(2)13(11)3)17(19)21-16-6-4-15(5-7-16)20-10-18;1-7-5-8(2)10(4)9(3)6-7/h4-10H,1-3H3;5-6H,1-4H3. The van der Waals surface area contributed by atoms with Crippen LogP contribution in [0.2, 0.25) is 0 Å². The lowest BCUT2D eigenvalue weighted by molar-refractivity contribution is -0.120. The van der Waals surface area contributed by atoms with Crippen LogP contribution in [-0.4, -0.2) is 12.4 Å². The summed E-state index contributed by atoms with van der Waals surface area (Å²) < 4.78 is 9.97. The lowest BCUT2D eigenvalue weighted by atomic mass is 10.0. The molecule has 0 aliphatic carbocycles. The topological polar surface area (TPSA) is 52.6 Å². The number of aryl methyl sites for hydroxylation is 5. The molecule has 0 aromatic heterocycles. The summed E-state index contributed by atoms with van der Waals surface area (Å²) in [7, 11) is 0. The predicted molar refractivity (Wildman–Crippen MR) is 124 cm³/mol. The van der Waals surface area contributed by atoms with Crippen LogP contribution in [0.25, 0.3) is 0 Å². The van der Waals surface area contributed by atoms with Gasteiger partial charge in [0.15, 0.2) is 0 Å². The minimum Gasteiger partial charge on any atom is -0.429 e. The molecule has 0 fully saturated rings. The predicted octanol–water partition coefficient (Wildman–Crippen LogP) is 6.29. The Balaban J connectivity index is 0.000000285. The number of benzene rings is 3. The molecule has 0 N–H and O–H groups in total. The molecule has 0 radical (unpaired) electrons. The highest BCUT2D eigenvalue weighted by atomic mass is 16.5. The minimum atomic E-state index is -0.412. The molecule has 0 amide bonds. The second-order valence-corrected chi connectivity index (χ2v) is 7.83. The summed E-state index contributed by atoms with van der Waals surface area (Å²) in [5.74, 6) is 0.381. The monoisotopic (exact) mass is 418 g/mol. The van der Waals surface area contributed by atoms with Crippen molar-refractivity contribution in [3.05, 3.63) is 93.0 Å². The molecule has 0 unspecified atom stereocenters. The quantitative estimate of drug-likeness (QED) is 0.284. The van der Waals surface area contributed by atoms with Crippen LogP contribution >= 0.6 is 0 Å². The highest BCUT2D eigenvalue weighted by molar-refractivity contribution is 5.91. The highest BCUT2D eigenvalue weighted by Crippen LogP contribution is 2.20. The van der Waals surface area contributed by atoms with Gasteiger partial charge in [-0.3, -0.25) is 4.79 Å². The number of esters is 1. The Morgan fingerprint density at radius 3 is 1.55 bits per heavy atom. The summed E-state index contributed by atoms with van der Waals surface area (Å²) in [4.78, 5) is 22.3. The molecule has 0 aliphatic rings. The van der Waals surface area contributed by atoms with Gasteiger partial charge in [-0.05, 0) is 118 Å². The van der Waals surface area contributed by atoms with Crippen molar-refractivity contribution in [2.75, 3.05) is 0 Å². The first-order chi connectivity index (χ1) is 14.6. The van der Waals surface area contributed by atoms with Crippen molar-refractivity contribution in [2.45, 2.75) is 48.5 Å². The molecule has 3 aromatic rings. The molecule has 0 spiro atoms. The first-order valence-electron chi connectivity index (χ1n) is 10.2. The van der Waals surface area contributed by atoms with Gasteiger partial charge < -0.3 is 9.47 Å². The maximum Gasteiger partial charge on any atom is 0.343 e. The molecule has 0 saturated carbocycles. The van der Waals surface area contributed by atoms with Gasteiger partial charge in [0, 0.05) is 0 Å². The normalized spacial score (nSPS) is 10.0. The van der Waals surface area contributed by atoms with E-state index in [0.29, 0.717) is 23.5 Å². The van der Waals surface area contributed by atoms with Gasteiger partial charge in [-0.2, -0.15) is 0 Å². The SMILES string of the molecule is Cc1cc(C(=O)Oc2ccc(OC=O)cc2)cc(C)c1C.Cc1cc(C)c(C)c(C)c1. The molecule has 3 rings (SSSR count). The second-order valence-electron chi connectivity index (χ2n) is 7.83. The molecule has 3 aromatic carbocycles. The Kier molecular flexibility index (Phi) is 8.14. The largest absolute Gasteiger partial charge is 0.429 e. The van der Waals surface area contributed by atoms with Crippen molar-refractivity contribution in [1.82, 2.24) is 0 Å². The molecular weight excluding hydrogens is 388 g/mol. The van der Waals surface area contributed by atoms with Crippen molar-refractivity contribution in [3.63, 3.8) is 0 Å². The van der Waals surface area contributed by atoms with Crippen LogP contribution in [0.3, 0.4) is 0 Å². The van der Waals surface area contributed by atoms with Gasteiger partial charge in [0.25, 0.3) is 6.47 Å². The summed E-state index contributed by atoms with van der Waals surface area (Å²) in [6.07, 6.45) is 0. The van der Waals surface area contributed by atoms with E-state index in [1.165, 1.54) is 27.8 Å². The van der Waals surface area contributed by atoms with Gasteiger partial charge in [0.1, 0.15) is 11.5 Å². The number of hydrogen-bond acceptors (Lipinski definition) is 4. The Labute approximate surface area is 184 Å². The number of carbonyl (C=O) groups is 2. The van der Waals surface area contributed by atoms with E-state index in [4.69, 9.17) is 4.74 Å². The zero-order valence-electron chi connectivity index (χ0n) is 19.3. The van der Waals surface area contributed by atoms with Crippen LogP contribution in [0.5, 0.6) is 11.5 Å². The minimum absolute atomic E-state index is 0.346. The first kappa shape index (κ1) is 23.9. The summed E-state index contributed by atoms with van der Waals surface area (Å²) in [5.41, 5.74) is 9.38. The summed E-state index contributed by atoms with van der Waals surface area (Å²) in [6.45, 7) is 14.9. The molecule has 0 atom stereocenters. The third kappa shape index (κ3) is 6.54. The van der Waals surface area contributed by atoms with Gasteiger partial charge in [-0.25, -0.2) is 4.79 Å². The molecular formula is C27H30O4. The molecule has 0 aliphatic heterocycles. The third-order valence-corrected chi connectivity index (χ3v) is 5.45. The van der Waals surface area contributed by atoms with Crippen molar-refractivity contribution in [3.8, 4) is 11.5 Å². The van der Waals surface area contributed by atoms with Crippen LogP contribution in [0.15, 0.2) is 48.5 Å². The molecule has 0 heterocycles. The number of carbonyl (C=O) groups excluding carboxylic acids is 2. The Bertz CT molecular complexity index is 1030. The van der Waals surface area contributed by atoms with Crippen LogP contribution in [0.4, 0.5) is 0 Å². The van der Waals surface area contributed by atoms with Gasteiger partial charge >= 0.3 is 5.97 Å². The van der Waals surface area contributed by atoms with Gasteiger partial charge in [-0.1, -0.05) is 17.7 Å². The van der Waals surface area contributed by atoms with E-state index in [9.17, 15) is 9.59 Å². The van der Waals surface area contributed by atoms with Crippen LogP contribution < -0.4 is 9.47 Å². The maximum absolute atomic E-state index is 12.1. The lowest BCUT2D eigenvalue weighted by Gasteiger charge is -2.09. The maximum atomic E-state index is 12.1. The van der Waals surface area contributed by atoms with E-state index in [1.54, 1.807) is 24.3 Å². The fraction of sp³-hybridized carbons (Fsp3) is 0.259. The Morgan fingerprint density at radius 2 is 1.10 bits per heavy atom. The molecule has 4 nitrogen and oxygen atoms in total. The fourth-order valence-electron chi connectivity index (χ4n) is 3.21.